The Morgan fingerprint density at radius 2 is 1.18 bits per heavy atom. The quantitative estimate of drug-likeness (QED) is 0.131. The molecule has 34 heavy (non-hydrogen) atoms. The van der Waals surface area contributed by atoms with E-state index in [9.17, 15) is 0 Å². The maximum absolute atomic E-state index is 17.1. The van der Waals surface area contributed by atoms with Gasteiger partial charge in [-0.05, 0) is 53.5 Å². The van der Waals surface area contributed by atoms with Crippen molar-refractivity contribution in [2.45, 2.75) is 129 Å². The average molecular weight is 497 g/mol. The van der Waals surface area contributed by atoms with Crippen molar-refractivity contribution in [3.63, 3.8) is 0 Å². The van der Waals surface area contributed by atoms with Crippen LogP contribution in [0.5, 0.6) is 0 Å². The highest BCUT2D eigenvalue weighted by atomic mass is 19.3. The van der Waals surface area contributed by atoms with Crippen LogP contribution < -0.4 is 0 Å². The van der Waals surface area contributed by atoms with Gasteiger partial charge in [-0.2, -0.15) is 17.6 Å². The molecule has 1 unspecified atom stereocenters. The Morgan fingerprint density at radius 3 is 1.59 bits per heavy atom. The van der Waals surface area contributed by atoms with E-state index in [2.05, 4.69) is 0 Å². The maximum Gasteiger partial charge on any atom is 0.351 e. The van der Waals surface area contributed by atoms with Crippen LogP contribution in [0.2, 0.25) is 0 Å². The van der Waals surface area contributed by atoms with Gasteiger partial charge in [0.15, 0.2) is 0 Å². The predicted molar refractivity (Wildman–Crippen MR) is 124 cm³/mol. The number of benzene rings is 1. The van der Waals surface area contributed by atoms with Crippen molar-refractivity contribution in [1.29, 1.82) is 0 Å². The minimum Gasteiger partial charge on any atom is -0.322 e. The molecule has 1 atom stereocenters. The molecule has 0 radical (unpaired) electrons. The molecule has 0 heterocycles. The summed E-state index contributed by atoms with van der Waals surface area (Å²) in [6, 6.07) is 7.46. The highest BCUT2D eigenvalue weighted by Crippen LogP contribution is 2.55. The van der Waals surface area contributed by atoms with E-state index in [1.807, 2.05) is 6.92 Å². The van der Waals surface area contributed by atoms with Crippen molar-refractivity contribution < 1.29 is 36.2 Å². The lowest BCUT2D eigenvalue weighted by Crippen LogP contribution is -2.72. The molecule has 0 aliphatic carbocycles. The second-order valence-electron chi connectivity index (χ2n) is 9.61. The van der Waals surface area contributed by atoms with Crippen LogP contribution in [0.25, 0.3) is 0 Å². The van der Waals surface area contributed by atoms with Crippen LogP contribution in [0.4, 0.5) is 22.0 Å². The lowest BCUT2D eigenvalue weighted by Gasteiger charge is -2.50. The van der Waals surface area contributed by atoms with Gasteiger partial charge in [0.05, 0.1) is 18.3 Å². The molecular weight excluding hydrogens is 455 g/mol. The first-order valence-corrected chi connectivity index (χ1v) is 12.2. The molecule has 0 bridgehead atoms. The fourth-order valence-electron chi connectivity index (χ4n) is 3.80. The van der Waals surface area contributed by atoms with Gasteiger partial charge in [-0.15, -0.1) is 0 Å². The minimum absolute atomic E-state index is 0.0860. The number of alkyl halides is 5. The van der Waals surface area contributed by atoms with E-state index in [4.69, 9.17) is 14.2 Å². The zero-order chi connectivity index (χ0) is 26.2. The van der Waals surface area contributed by atoms with E-state index in [0.717, 1.165) is 6.42 Å². The monoisotopic (exact) mass is 496 g/mol. The van der Waals surface area contributed by atoms with E-state index >= 15 is 22.0 Å². The van der Waals surface area contributed by atoms with Crippen LogP contribution in [0.15, 0.2) is 30.3 Å². The summed E-state index contributed by atoms with van der Waals surface area (Å²) in [5, 5.41) is 0. The van der Waals surface area contributed by atoms with Crippen LogP contribution in [0, 0.1) is 0 Å². The molecule has 3 nitrogen and oxygen atoms in total. The summed E-state index contributed by atoms with van der Waals surface area (Å²) in [6.45, 7) is 10.7. The molecule has 1 aromatic rings. The van der Waals surface area contributed by atoms with Crippen LogP contribution in [-0.4, -0.2) is 41.8 Å². The Kier molecular flexibility index (Phi) is 11.4. The molecule has 0 aliphatic heterocycles. The molecule has 0 spiro atoms. The third-order valence-corrected chi connectivity index (χ3v) is 5.25. The van der Waals surface area contributed by atoms with Gasteiger partial charge >= 0.3 is 17.8 Å². The second kappa shape index (κ2) is 12.6. The topological polar surface area (TPSA) is 27.7 Å². The second-order valence-corrected chi connectivity index (χ2v) is 9.61. The van der Waals surface area contributed by atoms with Gasteiger partial charge in [0.1, 0.15) is 0 Å². The number of rotatable bonds is 16. The van der Waals surface area contributed by atoms with Crippen LogP contribution in [-0.2, 0) is 20.6 Å². The smallest absolute Gasteiger partial charge is 0.322 e. The fourth-order valence-corrected chi connectivity index (χ4v) is 3.80. The molecule has 0 aromatic heterocycles. The predicted octanol–water partition coefficient (Wildman–Crippen LogP) is 8.11. The first-order chi connectivity index (χ1) is 15.6. The largest absolute Gasteiger partial charge is 0.351 e. The van der Waals surface area contributed by atoms with Crippen LogP contribution >= 0.6 is 0 Å². The molecule has 1 aromatic carbocycles. The van der Waals surface area contributed by atoms with Gasteiger partial charge in [0.25, 0.3) is 5.67 Å². The Morgan fingerprint density at radius 1 is 0.706 bits per heavy atom. The lowest BCUT2D eigenvalue weighted by molar-refractivity contribution is -0.486. The van der Waals surface area contributed by atoms with Gasteiger partial charge in [-0.1, -0.05) is 56.5 Å². The van der Waals surface area contributed by atoms with Gasteiger partial charge in [0.2, 0.25) is 0 Å². The van der Waals surface area contributed by atoms with Gasteiger partial charge in [0, 0.05) is 12.8 Å². The fraction of sp³-hybridized carbons (Fsp3) is 0.769. The summed E-state index contributed by atoms with van der Waals surface area (Å²) < 4.78 is 96.2. The highest BCUT2D eigenvalue weighted by molar-refractivity contribution is 5.22. The summed E-state index contributed by atoms with van der Waals surface area (Å²) in [6.07, 6.45) is -3.30. The Balaban J connectivity index is 3.75. The average Bonchev–Trinajstić information content (AvgIpc) is 2.70. The lowest BCUT2D eigenvalue weighted by atomic mass is 9.82. The van der Waals surface area contributed by atoms with Crippen LogP contribution in [0.1, 0.15) is 86.1 Å². The third-order valence-electron chi connectivity index (χ3n) is 5.25. The summed E-state index contributed by atoms with van der Waals surface area (Å²) in [7, 11) is 0. The molecule has 0 N–H and O–H groups in total. The number of ether oxygens (including phenoxy) is 3. The van der Waals surface area contributed by atoms with Crippen molar-refractivity contribution in [2.75, 3.05) is 0 Å². The highest BCUT2D eigenvalue weighted by Gasteiger charge is 2.79. The molecule has 1 rings (SSSR count). The van der Waals surface area contributed by atoms with E-state index in [0.29, 0.717) is 12.8 Å². The van der Waals surface area contributed by atoms with E-state index in [-0.39, 0.29) is 12.0 Å². The molecule has 0 fully saturated rings. The van der Waals surface area contributed by atoms with E-state index < -0.39 is 54.6 Å². The van der Waals surface area contributed by atoms with Crippen molar-refractivity contribution in [1.82, 2.24) is 0 Å². The third kappa shape index (κ3) is 7.37. The molecule has 0 aliphatic rings. The standard InChI is InChI=1S/C26H41F5O3/c1-8-9-10-14-17-24(28,29)25(30,31)23(27,18-22-15-12-11-13-16-22)26(32-19(2)3,33-20(4)5)34-21(6)7/h11-13,15-16,19-21H,8-10,14,17-18H2,1-7H3. The first-order valence-electron chi connectivity index (χ1n) is 12.2. The van der Waals surface area contributed by atoms with Crippen molar-refractivity contribution in [2.24, 2.45) is 0 Å². The maximum atomic E-state index is 17.1. The number of halogens is 5. The SMILES string of the molecule is CCCCCCC(F)(F)C(F)(F)C(F)(Cc1ccccc1)C(OC(C)C)(OC(C)C)OC(C)C. The van der Waals surface area contributed by atoms with Gasteiger partial charge < -0.3 is 14.2 Å². The van der Waals surface area contributed by atoms with Crippen molar-refractivity contribution in [3.05, 3.63) is 35.9 Å². The summed E-state index contributed by atoms with van der Waals surface area (Å²) in [5.41, 5.74) is -3.98. The Bertz CT molecular complexity index is 683. The summed E-state index contributed by atoms with van der Waals surface area (Å²) >= 11 is 0. The normalized spacial score (nSPS) is 15.4. The van der Waals surface area contributed by atoms with Crippen molar-refractivity contribution in [3.8, 4) is 0 Å². The first kappa shape index (κ1) is 30.8. The minimum atomic E-state index is -5.18. The molecule has 0 amide bonds. The van der Waals surface area contributed by atoms with Crippen LogP contribution in [0.3, 0.4) is 0 Å². The molecule has 198 valence electrons. The van der Waals surface area contributed by atoms with Gasteiger partial charge in [-0.25, -0.2) is 4.39 Å². The van der Waals surface area contributed by atoms with Crippen molar-refractivity contribution >= 4 is 0 Å². The molecule has 0 saturated carbocycles. The Labute approximate surface area is 201 Å². The van der Waals surface area contributed by atoms with E-state index in [1.165, 1.54) is 65.8 Å². The molecular formula is C26H41F5O3. The number of hydrogen-bond acceptors (Lipinski definition) is 3. The summed E-state index contributed by atoms with van der Waals surface area (Å²) in [4.78, 5) is 0. The Hall–Kier alpha value is -1.25. The van der Waals surface area contributed by atoms with E-state index in [1.54, 1.807) is 6.07 Å². The molecule has 8 heteroatoms. The summed E-state index contributed by atoms with van der Waals surface area (Å²) in [5.74, 6) is -12.9. The number of unbranched alkanes of at least 4 members (excludes halogenated alkanes) is 3. The zero-order valence-corrected chi connectivity index (χ0v) is 21.5. The molecule has 0 saturated heterocycles. The number of hydrogen-bond donors (Lipinski definition) is 0. The van der Waals surface area contributed by atoms with Gasteiger partial charge in [-0.3, -0.25) is 0 Å². The zero-order valence-electron chi connectivity index (χ0n) is 21.5.